The number of hydrogen-bond acceptors (Lipinski definition) is 4. The molecule has 0 fully saturated rings. The fraction of sp³-hybridized carbons (Fsp3) is 0.308. The molecule has 1 aromatic carbocycles. The zero-order valence-electron chi connectivity index (χ0n) is 10.6. The lowest BCUT2D eigenvalue weighted by Crippen LogP contribution is -2.38. The normalized spacial score (nSPS) is 13.1. The van der Waals surface area contributed by atoms with E-state index >= 15 is 0 Å². The number of carbonyl (C=O) groups excluding carboxylic acids is 1. The molecule has 0 radical (unpaired) electrons. The number of nitrogens with zero attached hydrogens (tertiary/aromatic N) is 1. The van der Waals surface area contributed by atoms with E-state index in [-0.39, 0.29) is 6.61 Å². The van der Waals surface area contributed by atoms with Crippen LogP contribution in [0, 0.1) is 10.1 Å². The third kappa shape index (κ3) is 4.42. The van der Waals surface area contributed by atoms with Crippen LogP contribution in [0.3, 0.4) is 0 Å². The van der Waals surface area contributed by atoms with E-state index in [9.17, 15) is 14.9 Å². The molecule has 6 heteroatoms. The fourth-order valence-electron chi connectivity index (χ4n) is 1.57. The highest BCUT2D eigenvalue weighted by molar-refractivity contribution is 5.68. The van der Waals surface area contributed by atoms with Crippen LogP contribution in [0.4, 0.5) is 4.79 Å². The van der Waals surface area contributed by atoms with Crippen LogP contribution in [-0.4, -0.2) is 23.7 Å². The van der Waals surface area contributed by atoms with Crippen molar-refractivity contribution in [2.75, 3.05) is 6.61 Å². The number of nitro groups is 1. The van der Waals surface area contributed by atoms with Crippen molar-refractivity contribution < 1.29 is 14.5 Å². The molecule has 1 aromatic rings. The second-order valence-corrected chi connectivity index (χ2v) is 3.95. The van der Waals surface area contributed by atoms with E-state index in [0.717, 1.165) is 0 Å². The van der Waals surface area contributed by atoms with Crippen LogP contribution in [0.1, 0.15) is 18.5 Å². The van der Waals surface area contributed by atoms with Gasteiger partial charge in [-0.25, -0.2) is 4.79 Å². The standard InChI is InChI=1S/C13H16N2O4/c1-3-9-19-13(16)14-12(10(2)15(17)18)11-7-5-4-6-8-11/h3-8,10,12H,1,9H2,2H3,(H,14,16)/t10-,12-/m1/s1. The Hall–Kier alpha value is -2.37. The van der Waals surface area contributed by atoms with Gasteiger partial charge in [0.15, 0.2) is 0 Å². The Kier molecular flexibility index (Phi) is 5.53. The Morgan fingerprint density at radius 2 is 2.16 bits per heavy atom. The van der Waals surface area contributed by atoms with E-state index in [1.165, 1.54) is 13.0 Å². The summed E-state index contributed by atoms with van der Waals surface area (Å²) in [6.45, 7) is 4.91. The van der Waals surface area contributed by atoms with Crippen molar-refractivity contribution in [2.45, 2.75) is 19.0 Å². The van der Waals surface area contributed by atoms with E-state index < -0.39 is 23.1 Å². The maximum Gasteiger partial charge on any atom is 0.408 e. The van der Waals surface area contributed by atoms with Gasteiger partial charge >= 0.3 is 6.09 Å². The first-order valence-electron chi connectivity index (χ1n) is 5.79. The summed E-state index contributed by atoms with van der Waals surface area (Å²) in [5.41, 5.74) is 0.655. The van der Waals surface area contributed by atoms with E-state index in [0.29, 0.717) is 5.56 Å². The van der Waals surface area contributed by atoms with Gasteiger partial charge in [-0.05, 0) is 5.56 Å². The maximum absolute atomic E-state index is 11.5. The molecule has 1 N–H and O–H groups in total. The molecule has 1 amide bonds. The van der Waals surface area contributed by atoms with E-state index in [1.807, 2.05) is 0 Å². The van der Waals surface area contributed by atoms with E-state index in [1.54, 1.807) is 30.3 Å². The van der Waals surface area contributed by atoms with Gasteiger partial charge in [0, 0.05) is 11.8 Å². The molecule has 102 valence electrons. The Morgan fingerprint density at radius 1 is 1.53 bits per heavy atom. The quantitative estimate of drug-likeness (QED) is 0.485. The summed E-state index contributed by atoms with van der Waals surface area (Å²) in [5.74, 6) is 0. The number of nitrogens with one attached hydrogen (secondary N) is 1. The Morgan fingerprint density at radius 3 is 2.68 bits per heavy atom. The number of hydrogen-bond donors (Lipinski definition) is 1. The van der Waals surface area contributed by atoms with Gasteiger partial charge in [0.2, 0.25) is 6.04 Å². The summed E-state index contributed by atoms with van der Waals surface area (Å²) in [6, 6.07) is 7.05. The molecule has 0 saturated heterocycles. The average Bonchev–Trinajstić information content (AvgIpc) is 2.42. The Labute approximate surface area is 111 Å². The monoisotopic (exact) mass is 264 g/mol. The largest absolute Gasteiger partial charge is 0.445 e. The maximum atomic E-state index is 11.5. The van der Waals surface area contributed by atoms with Gasteiger partial charge in [-0.15, -0.1) is 0 Å². The minimum Gasteiger partial charge on any atom is -0.445 e. The van der Waals surface area contributed by atoms with Crippen molar-refractivity contribution in [3.63, 3.8) is 0 Å². The fourth-order valence-corrected chi connectivity index (χ4v) is 1.57. The van der Waals surface area contributed by atoms with Crippen molar-refractivity contribution in [2.24, 2.45) is 0 Å². The smallest absolute Gasteiger partial charge is 0.408 e. The topological polar surface area (TPSA) is 81.5 Å². The number of ether oxygens (including phenoxy) is 1. The van der Waals surface area contributed by atoms with Gasteiger partial charge in [0.25, 0.3) is 0 Å². The van der Waals surface area contributed by atoms with Crippen LogP contribution >= 0.6 is 0 Å². The number of rotatable bonds is 6. The summed E-state index contributed by atoms with van der Waals surface area (Å²) < 4.78 is 4.78. The van der Waals surface area contributed by atoms with Crippen LogP contribution in [0.15, 0.2) is 43.0 Å². The van der Waals surface area contributed by atoms with Gasteiger partial charge in [-0.3, -0.25) is 10.1 Å². The molecule has 0 aliphatic heterocycles. The zero-order chi connectivity index (χ0) is 14.3. The van der Waals surface area contributed by atoms with E-state index in [4.69, 9.17) is 4.74 Å². The van der Waals surface area contributed by atoms with Crippen LogP contribution < -0.4 is 5.32 Å². The Bertz CT molecular complexity index is 447. The highest BCUT2D eigenvalue weighted by Crippen LogP contribution is 2.18. The minimum atomic E-state index is -0.960. The molecule has 0 saturated carbocycles. The van der Waals surface area contributed by atoms with Gasteiger partial charge in [0.1, 0.15) is 12.6 Å². The summed E-state index contributed by atoms with van der Waals surface area (Å²) in [5, 5.41) is 13.4. The van der Waals surface area contributed by atoms with Crippen LogP contribution in [0.2, 0.25) is 0 Å². The van der Waals surface area contributed by atoms with Crippen LogP contribution in [0.25, 0.3) is 0 Å². The van der Waals surface area contributed by atoms with Crippen LogP contribution in [0.5, 0.6) is 0 Å². The minimum absolute atomic E-state index is 0.0557. The lowest BCUT2D eigenvalue weighted by atomic mass is 10.0. The SMILES string of the molecule is C=CCOC(=O)N[C@@H](c1ccccc1)[C@@H](C)[N+](=O)[O-]. The van der Waals surface area contributed by atoms with Gasteiger partial charge in [0.05, 0.1) is 0 Å². The lowest BCUT2D eigenvalue weighted by Gasteiger charge is -2.19. The van der Waals surface area contributed by atoms with Gasteiger partial charge in [-0.2, -0.15) is 0 Å². The number of alkyl carbamates (subject to hydrolysis) is 1. The highest BCUT2D eigenvalue weighted by atomic mass is 16.6. The first-order chi connectivity index (χ1) is 9.06. The molecular formula is C13H16N2O4. The number of benzene rings is 1. The second kappa shape index (κ2) is 7.15. The number of amides is 1. The summed E-state index contributed by atoms with van der Waals surface area (Å²) in [6.07, 6.45) is 0.719. The van der Waals surface area contributed by atoms with Crippen LogP contribution in [-0.2, 0) is 4.74 Å². The highest BCUT2D eigenvalue weighted by Gasteiger charge is 2.29. The third-order valence-corrected chi connectivity index (χ3v) is 2.58. The van der Waals surface area contributed by atoms with Crippen molar-refractivity contribution in [3.8, 4) is 0 Å². The van der Waals surface area contributed by atoms with Crippen molar-refractivity contribution in [3.05, 3.63) is 58.7 Å². The number of carbonyl (C=O) groups is 1. The third-order valence-electron chi connectivity index (χ3n) is 2.58. The molecule has 0 bridgehead atoms. The molecule has 0 heterocycles. The summed E-state index contributed by atoms with van der Waals surface area (Å²) >= 11 is 0. The second-order valence-electron chi connectivity index (χ2n) is 3.95. The van der Waals surface area contributed by atoms with Crippen molar-refractivity contribution in [1.82, 2.24) is 5.32 Å². The molecule has 0 aromatic heterocycles. The van der Waals surface area contributed by atoms with Crippen molar-refractivity contribution >= 4 is 6.09 Å². The molecule has 0 unspecified atom stereocenters. The van der Waals surface area contributed by atoms with Gasteiger partial charge < -0.3 is 10.1 Å². The summed E-state index contributed by atoms with van der Waals surface area (Å²) in [4.78, 5) is 22.0. The molecular weight excluding hydrogens is 248 g/mol. The Balaban J connectivity index is 2.84. The molecule has 0 aliphatic rings. The molecule has 1 rings (SSSR count). The van der Waals surface area contributed by atoms with Crippen molar-refractivity contribution in [1.29, 1.82) is 0 Å². The van der Waals surface area contributed by atoms with Gasteiger partial charge in [-0.1, -0.05) is 43.0 Å². The predicted molar refractivity (Wildman–Crippen MR) is 70.3 cm³/mol. The molecule has 2 atom stereocenters. The first-order valence-corrected chi connectivity index (χ1v) is 5.79. The predicted octanol–water partition coefficient (Wildman–Crippen LogP) is 2.31. The molecule has 0 aliphatic carbocycles. The first kappa shape index (κ1) is 14.7. The average molecular weight is 264 g/mol. The molecule has 0 spiro atoms. The zero-order valence-corrected chi connectivity index (χ0v) is 10.6. The molecule has 19 heavy (non-hydrogen) atoms. The summed E-state index contributed by atoms with van der Waals surface area (Å²) in [7, 11) is 0. The molecule has 6 nitrogen and oxygen atoms in total. The van der Waals surface area contributed by atoms with E-state index in [2.05, 4.69) is 11.9 Å². The lowest BCUT2D eigenvalue weighted by molar-refractivity contribution is -0.523.